The zero-order valence-electron chi connectivity index (χ0n) is 24.5. The molecule has 2 aliphatic rings. The summed E-state index contributed by atoms with van der Waals surface area (Å²) in [5.74, 6) is 0.980. The zero-order chi connectivity index (χ0) is 28.8. The molecule has 0 saturated carbocycles. The number of hydrogen-bond acceptors (Lipinski definition) is 9. The average molecular weight is 585 g/mol. The summed E-state index contributed by atoms with van der Waals surface area (Å²) in [6.07, 6.45) is 5.25. The van der Waals surface area contributed by atoms with Gasteiger partial charge in [-0.2, -0.15) is 11.8 Å². The molecule has 1 aromatic rings. The molecule has 2 saturated heterocycles. The van der Waals surface area contributed by atoms with E-state index in [1.807, 2.05) is 22.6 Å². The van der Waals surface area contributed by atoms with Gasteiger partial charge in [0.1, 0.15) is 5.69 Å². The topological polar surface area (TPSA) is 138 Å². The number of urea groups is 1. The first-order valence-corrected chi connectivity index (χ1v) is 15.4. The number of nitrogens with one attached hydrogen (secondary N) is 3. The highest BCUT2D eigenvalue weighted by Gasteiger charge is 2.51. The number of unbranched alkanes of at least 4 members (excludes halogenated alkanes) is 1. The molecule has 0 aromatic carbocycles. The van der Waals surface area contributed by atoms with Crippen LogP contribution in [0.15, 0.2) is 6.20 Å². The van der Waals surface area contributed by atoms with E-state index in [1.54, 1.807) is 0 Å². The van der Waals surface area contributed by atoms with Crippen LogP contribution in [0.1, 0.15) is 59.1 Å². The molecule has 228 valence electrons. The minimum atomic E-state index is -0.144. The molecule has 40 heavy (non-hydrogen) atoms. The van der Waals surface area contributed by atoms with Crippen molar-refractivity contribution in [2.24, 2.45) is 5.41 Å². The third-order valence-electron chi connectivity index (χ3n) is 6.64. The van der Waals surface area contributed by atoms with Crippen LogP contribution < -0.4 is 16.0 Å². The number of carbonyl (C=O) groups excluding carboxylic acids is 2. The number of thioether (sulfide) groups is 1. The highest BCUT2D eigenvalue weighted by Crippen LogP contribution is 2.39. The van der Waals surface area contributed by atoms with Gasteiger partial charge in [0.25, 0.3) is 0 Å². The van der Waals surface area contributed by atoms with Crippen LogP contribution in [0.4, 0.5) is 4.79 Å². The Morgan fingerprint density at radius 3 is 2.48 bits per heavy atom. The van der Waals surface area contributed by atoms with Crippen LogP contribution in [-0.4, -0.2) is 102 Å². The highest BCUT2D eigenvalue weighted by atomic mass is 32.2. The van der Waals surface area contributed by atoms with Crippen molar-refractivity contribution in [3.63, 3.8) is 0 Å². The molecular formula is C27H48N6O6S. The third-order valence-corrected chi connectivity index (χ3v) is 8.34. The van der Waals surface area contributed by atoms with Gasteiger partial charge in [0.2, 0.25) is 5.91 Å². The van der Waals surface area contributed by atoms with E-state index >= 15 is 0 Å². The normalized spacial score (nSPS) is 22.2. The molecule has 0 spiro atoms. The van der Waals surface area contributed by atoms with Gasteiger partial charge in [-0.1, -0.05) is 32.4 Å². The maximum atomic E-state index is 12.0. The molecular weight excluding hydrogens is 536 g/mol. The summed E-state index contributed by atoms with van der Waals surface area (Å²) in [7, 11) is 0. The molecule has 0 unspecified atom stereocenters. The Morgan fingerprint density at radius 2 is 1.77 bits per heavy atom. The van der Waals surface area contributed by atoms with Crippen LogP contribution in [0.2, 0.25) is 0 Å². The Bertz CT molecular complexity index is 912. The minimum absolute atomic E-state index is 0.0487. The quantitative estimate of drug-likeness (QED) is 0.155. The third kappa shape index (κ3) is 11.9. The molecule has 2 fully saturated rings. The van der Waals surface area contributed by atoms with Gasteiger partial charge in [0, 0.05) is 30.5 Å². The molecule has 0 bridgehead atoms. The number of ether oxygens (including phenoxy) is 4. The number of hydrogen-bond donors (Lipinski definition) is 3. The van der Waals surface area contributed by atoms with E-state index < -0.39 is 0 Å². The van der Waals surface area contributed by atoms with Gasteiger partial charge in [0.15, 0.2) is 0 Å². The van der Waals surface area contributed by atoms with E-state index in [2.05, 4.69) is 54.0 Å². The first-order valence-electron chi connectivity index (χ1n) is 14.3. The molecule has 3 heterocycles. The molecule has 3 N–H and O–H groups in total. The summed E-state index contributed by atoms with van der Waals surface area (Å²) in [6.45, 7) is 13.7. The second-order valence-corrected chi connectivity index (χ2v) is 13.0. The number of nitrogens with zero attached hydrogens (tertiary/aromatic N) is 3. The number of aromatic nitrogens is 3. The smallest absolute Gasteiger partial charge is 0.315 e. The molecule has 12 nitrogen and oxygen atoms in total. The average Bonchev–Trinajstić information content (AvgIpc) is 3.53. The molecule has 3 atom stereocenters. The van der Waals surface area contributed by atoms with Crippen molar-refractivity contribution in [2.45, 2.75) is 83.4 Å². The van der Waals surface area contributed by atoms with Crippen molar-refractivity contribution >= 4 is 23.7 Å². The van der Waals surface area contributed by atoms with Crippen molar-refractivity contribution in [3.05, 3.63) is 11.9 Å². The molecule has 1 aromatic heterocycles. The standard InChI is InChI=1S/C27H48N6O6S/c1-26(2,3)19-33-17-21(31-32-33)18-39-16-15-38-14-13-37-12-11-36-10-9-28-23(34)8-6-5-7-22-24-27(4,20-40-22)30-25(35)29-24/h17,22,24H,5-16,18-20H2,1-4H3,(H,28,34)(H2,29,30,35)/t22-,24+,27-/m0/s1. The van der Waals surface area contributed by atoms with Crippen LogP contribution >= 0.6 is 11.8 Å². The minimum Gasteiger partial charge on any atom is -0.377 e. The molecule has 0 radical (unpaired) electrons. The Labute approximate surface area is 242 Å². The molecule has 13 heteroatoms. The SMILES string of the molecule is CC(C)(C)Cn1cc(COCCOCCOCCOCCNC(=O)CCCC[C@@H]2SC[C@]3(C)NC(=O)N[C@H]23)nn1. The lowest BCUT2D eigenvalue weighted by atomic mass is 9.92. The Balaban J connectivity index is 1.04. The van der Waals surface area contributed by atoms with E-state index in [4.69, 9.17) is 18.9 Å². The molecule has 3 amide bonds. The molecule has 0 aliphatic carbocycles. The van der Waals surface area contributed by atoms with Crippen LogP contribution in [-0.2, 0) is 36.9 Å². The first-order chi connectivity index (χ1) is 19.1. The summed E-state index contributed by atoms with van der Waals surface area (Å²) in [5, 5.41) is 17.6. The second kappa shape index (κ2) is 16.5. The summed E-state index contributed by atoms with van der Waals surface area (Å²) in [5.41, 5.74) is 0.824. The van der Waals surface area contributed by atoms with Crippen molar-refractivity contribution in [3.8, 4) is 0 Å². The fraction of sp³-hybridized carbons (Fsp3) is 0.852. The lowest BCUT2D eigenvalue weighted by Gasteiger charge is -2.23. The largest absolute Gasteiger partial charge is 0.377 e. The predicted molar refractivity (Wildman–Crippen MR) is 153 cm³/mol. The van der Waals surface area contributed by atoms with E-state index in [-0.39, 0.29) is 28.9 Å². The maximum Gasteiger partial charge on any atom is 0.315 e. The second-order valence-electron chi connectivity index (χ2n) is 11.8. The number of carbonyl (C=O) groups is 2. The zero-order valence-corrected chi connectivity index (χ0v) is 25.4. The van der Waals surface area contributed by atoms with Gasteiger partial charge in [0.05, 0.1) is 70.6 Å². The van der Waals surface area contributed by atoms with Crippen LogP contribution in [0.5, 0.6) is 0 Å². The Hall–Kier alpha value is -1.93. The lowest BCUT2D eigenvalue weighted by molar-refractivity contribution is -0.121. The van der Waals surface area contributed by atoms with Gasteiger partial charge in [-0.3, -0.25) is 9.48 Å². The van der Waals surface area contributed by atoms with Gasteiger partial charge in [-0.05, 0) is 25.2 Å². The monoisotopic (exact) mass is 584 g/mol. The van der Waals surface area contributed by atoms with Gasteiger partial charge < -0.3 is 34.9 Å². The number of amides is 3. The van der Waals surface area contributed by atoms with E-state index in [0.29, 0.717) is 71.1 Å². The van der Waals surface area contributed by atoms with E-state index in [1.165, 1.54) is 0 Å². The summed E-state index contributed by atoms with van der Waals surface area (Å²) in [4.78, 5) is 23.7. The fourth-order valence-corrected chi connectivity index (χ4v) is 6.42. The van der Waals surface area contributed by atoms with Crippen LogP contribution in [0.3, 0.4) is 0 Å². The summed E-state index contributed by atoms with van der Waals surface area (Å²) < 4.78 is 23.9. The molecule has 2 aliphatic heterocycles. The summed E-state index contributed by atoms with van der Waals surface area (Å²) in [6, 6.07) is 0.110. The van der Waals surface area contributed by atoms with Crippen LogP contribution in [0.25, 0.3) is 0 Å². The van der Waals surface area contributed by atoms with Crippen molar-refractivity contribution in [1.82, 2.24) is 30.9 Å². The number of fused-ring (bicyclic) bond motifs is 1. The maximum absolute atomic E-state index is 12.0. The lowest BCUT2D eigenvalue weighted by Crippen LogP contribution is -2.47. The fourth-order valence-electron chi connectivity index (χ4n) is 4.72. The van der Waals surface area contributed by atoms with Crippen molar-refractivity contribution in [2.75, 3.05) is 58.5 Å². The van der Waals surface area contributed by atoms with Crippen molar-refractivity contribution in [1.29, 1.82) is 0 Å². The number of rotatable bonds is 20. The van der Waals surface area contributed by atoms with E-state index in [9.17, 15) is 9.59 Å². The first kappa shape index (κ1) is 32.6. The van der Waals surface area contributed by atoms with Gasteiger partial charge in [-0.15, -0.1) is 5.10 Å². The highest BCUT2D eigenvalue weighted by molar-refractivity contribution is 8.00. The molecule has 3 rings (SSSR count). The van der Waals surface area contributed by atoms with Gasteiger partial charge >= 0.3 is 6.03 Å². The Morgan fingerprint density at radius 1 is 1.10 bits per heavy atom. The van der Waals surface area contributed by atoms with Crippen molar-refractivity contribution < 1.29 is 28.5 Å². The summed E-state index contributed by atoms with van der Waals surface area (Å²) >= 11 is 1.91. The van der Waals surface area contributed by atoms with E-state index in [0.717, 1.165) is 37.3 Å². The predicted octanol–water partition coefficient (Wildman–Crippen LogP) is 2.12. The Kier molecular flexibility index (Phi) is 13.4. The van der Waals surface area contributed by atoms with Gasteiger partial charge in [-0.25, -0.2) is 4.79 Å². The van der Waals surface area contributed by atoms with Crippen LogP contribution in [0, 0.1) is 5.41 Å².